The van der Waals surface area contributed by atoms with Gasteiger partial charge in [-0.3, -0.25) is 10.1 Å². The molecule has 0 radical (unpaired) electrons. The van der Waals surface area contributed by atoms with E-state index >= 15 is 0 Å². The van der Waals surface area contributed by atoms with Gasteiger partial charge in [0.25, 0.3) is 0 Å². The summed E-state index contributed by atoms with van der Waals surface area (Å²) in [6.07, 6.45) is 1.03. The van der Waals surface area contributed by atoms with E-state index in [0.29, 0.717) is 10.7 Å². The Morgan fingerprint density at radius 2 is 2.11 bits per heavy atom. The summed E-state index contributed by atoms with van der Waals surface area (Å²) in [4.78, 5) is 17.6. The minimum absolute atomic E-state index is 0.0231. The zero-order chi connectivity index (χ0) is 14.0. The molecule has 0 unspecified atom stereocenters. The normalized spacial score (nSPS) is 10.3. The van der Waals surface area contributed by atoms with Crippen molar-refractivity contribution in [1.29, 1.82) is 0 Å². The Kier molecular flexibility index (Phi) is 4.18. The lowest BCUT2D eigenvalue weighted by molar-refractivity contribution is -0.384. The molecule has 1 heterocycles. The van der Waals surface area contributed by atoms with Crippen LogP contribution in [0.25, 0.3) is 0 Å². The second kappa shape index (κ2) is 5.68. The van der Waals surface area contributed by atoms with Gasteiger partial charge in [0.2, 0.25) is 11.1 Å². The quantitative estimate of drug-likeness (QED) is 0.502. The first-order valence-corrected chi connectivity index (χ1v) is 6.41. The molecule has 0 atom stereocenters. The number of aromatic nitrogens is 2. The summed E-state index contributed by atoms with van der Waals surface area (Å²) >= 11 is 14.9. The molecule has 2 rings (SSSR count). The van der Waals surface area contributed by atoms with Crippen molar-refractivity contribution in [3.05, 3.63) is 49.3 Å². The van der Waals surface area contributed by atoms with Gasteiger partial charge in [0, 0.05) is 4.47 Å². The van der Waals surface area contributed by atoms with Gasteiger partial charge < -0.3 is 5.32 Å². The van der Waals surface area contributed by atoms with E-state index in [2.05, 4.69) is 31.2 Å². The van der Waals surface area contributed by atoms with Crippen LogP contribution in [0.5, 0.6) is 0 Å². The van der Waals surface area contributed by atoms with Crippen molar-refractivity contribution in [3.8, 4) is 0 Å². The van der Waals surface area contributed by atoms with E-state index in [9.17, 15) is 10.1 Å². The van der Waals surface area contributed by atoms with E-state index in [1.54, 1.807) is 18.2 Å². The topological polar surface area (TPSA) is 81.0 Å². The Morgan fingerprint density at radius 1 is 1.37 bits per heavy atom. The lowest BCUT2D eigenvalue weighted by atomic mass is 10.3. The number of nitrogens with one attached hydrogen (secondary N) is 1. The molecular weight excluding hydrogens is 359 g/mol. The van der Waals surface area contributed by atoms with Gasteiger partial charge >= 0.3 is 5.69 Å². The Balaban J connectivity index is 2.45. The summed E-state index contributed by atoms with van der Waals surface area (Å²) in [5.74, 6) is -0.0231. The second-order valence-electron chi connectivity index (χ2n) is 3.38. The van der Waals surface area contributed by atoms with E-state index in [4.69, 9.17) is 23.2 Å². The van der Waals surface area contributed by atoms with Crippen LogP contribution < -0.4 is 5.32 Å². The highest BCUT2D eigenvalue weighted by molar-refractivity contribution is 9.10. The first kappa shape index (κ1) is 14.0. The molecule has 1 N–H and O–H groups in total. The molecule has 1 aromatic carbocycles. The monoisotopic (exact) mass is 362 g/mol. The van der Waals surface area contributed by atoms with Crippen molar-refractivity contribution in [1.82, 2.24) is 9.97 Å². The summed E-state index contributed by atoms with van der Waals surface area (Å²) in [6, 6.07) is 5.06. The maximum absolute atomic E-state index is 10.9. The van der Waals surface area contributed by atoms with Crippen LogP contribution in [0, 0.1) is 10.1 Å². The minimum Gasteiger partial charge on any atom is -0.333 e. The van der Waals surface area contributed by atoms with Crippen molar-refractivity contribution < 1.29 is 4.92 Å². The van der Waals surface area contributed by atoms with Gasteiger partial charge in [0.05, 0.1) is 15.6 Å². The summed E-state index contributed by atoms with van der Waals surface area (Å²) in [6.45, 7) is 0. The Labute approximate surface area is 126 Å². The summed E-state index contributed by atoms with van der Waals surface area (Å²) < 4.78 is 0.766. The van der Waals surface area contributed by atoms with E-state index in [1.807, 2.05) is 0 Å². The van der Waals surface area contributed by atoms with Gasteiger partial charge in [-0.15, -0.1) is 0 Å². The zero-order valence-electron chi connectivity index (χ0n) is 9.10. The lowest BCUT2D eigenvalue weighted by Gasteiger charge is -2.08. The van der Waals surface area contributed by atoms with Gasteiger partial charge in [-0.2, -0.15) is 4.98 Å². The molecule has 6 nitrogen and oxygen atoms in total. The smallest absolute Gasteiger partial charge is 0.329 e. The third kappa shape index (κ3) is 3.31. The number of rotatable bonds is 3. The van der Waals surface area contributed by atoms with E-state index in [-0.39, 0.29) is 16.8 Å². The molecule has 0 amide bonds. The maximum atomic E-state index is 10.9. The minimum atomic E-state index is -0.607. The van der Waals surface area contributed by atoms with Crippen LogP contribution >= 0.6 is 39.1 Å². The number of nitrogens with zero attached hydrogens (tertiary/aromatic N) is 3. The molecule has 0 saturated carbocycles. The molecular formula is C10H5BrCl2N4O2. The van der Waals surface area contributed by atoms with Gasteiger partial charge in [0.15, 0.2) is 0 Å². The second-order valence-corrected chi connectivity index (χ2v) is 5.04. The molecule has 0 aliphatic carbocycles. The Morgan fingerprint density at radius 3 is 2.79 bits per heavy atom. The van der Waals surface area contributed by atoms with Crippen LogP contribution in [0.4, 0.5) is 17.2 Å². The van der Waals surface area contributed by atoms with Crippen LogP contribution in [0.1, 0.15) is 0 Å². The van der Waals surface area contributed by atoms with Crippen molar-refractivity contribution >= 4 is 56.3 Å². The van der Waals surface area contributed by atoms with Crippen molar-refractivity contribution in [2.75, 3.05) is 5.32 Å². The molecule has 0 aliphatic heterocycles. The molecule has 2 aromatic rings. The third-order valence-electron chi connectivity index (χ3n) is 2.12. The number of nitro groups is 1. The fourth-order valence-corrected chi connectivity index (χ4v) is 1.96. The lowest BCUT2D eigenvalue weighted by Crippen LogP contribution is -2.01. The fraction of sp³-hybridized carbons (Fsp3) is 0. The van der Waals surface area contributed by atoms with Gasteiger partial charge in [0.1, 0.15) is 6.20 Å². The maximum Gasteiger partial charge on any atom is 0.329 e. The molecule has 0 spiro atoms. The van der Waals surface area contributed by atoms with E-state index < -0.39 is 4.92 Å². The SMILES string of the molecule is O=[N+]([O-])c1cnc(Cl)nc1Nc1cc(Br)ccc1Cl. The number of hydrogen-bond donors (Lipinski definition) is 1. The van der Waals surface area contributed by atoms with E-state index in [0.717, 1.165) is 10.7 Å². The molecule has 98 valence electrons. The number of halogens is 3. The Bertz CT molecular complexity index is 653. The molecule has 0 saturated heterocycles. The molecule has 1 aromatic heterocycles. The average molecular weight is 364 g/mol. The van der Waals surface area contributed by atoms with Gasteiger partial charge in [-0.25, -0.2) is 4.98 Å². The largest absolute Gasteiger partial charge is 0.333 e. The highest BCUT2D eigenvalue weighted by Crippen LogP contribution is 2.31. The highest BCUT2D eigenvalue weighted by atomic mass is 79.9. The molecule has 0 fully saturated rings. The number of anilines is 2. The van der Waals surface area contributed by atoms with Crippen molar-refractivity contribution in [3.63, 3.8) is 0 Å². The zero-order valence-corrected chi connectivity index (χ0v) is 12.2. The van der Waals surface area contributed by atoms with Crippen LogP contribution in [-0.4, -0.2) is 14.9 Å². The Hall–Kier alpha value is -1.44. The summed E-state index contributed by atoms with van der Waals surface area (Å²) in [5.41, 5.74) is 0.175. The van der Waals surface area contributed by atoms with Crippen LogP contribution in [-0.2, 0) is 0 Å². The first-order chi connectivity index (χ1) is 8.97. The highest BCUT2D eigenvalue weighted by Gasteiger charge is 2.18. The molecule has 19 heavy (non-hydrogen) atoms. The average Bonchev–Trinajstić information content (AvgIpc) is 2.33. The van der Waals surface area contributed by atoms with Gasteiger partial charge in [-0.1, -0.05) is 27.5 Å². The summed E-state index contributed by atoms with van der Waals surface area (Å²) in [7, 11) is 0. The molecule has 9 heteroatoms. The van der Waals surface area contributed by atoms with Crippen molar-refractivity contribution in [2.24, 2.45) is 0 Å². The fourth-order valence-electron chi connectivity index (χ4n) is 1.30. The number of hydrogen-bond acceptors (Lipinski definition) is 5. The predicted octanol–water partition coefficient (Wildman–Crippen LogP) is 4.20. The van der Waals surface area contributed by atoms with Crippen LogP contribution in [0.15, 0.2) is 28.9 Å². The molecule has 0 aliphatic rings. The standard InChI is InChI=1S/C10H5BrCl2N4O2/c11-5-1-2-6(12)7(3-5)15-9-8(17(18)19)4-14-10(13)16-9/h1-4H,(H,14,15,16). The molecule has 0 bridgehead atoms. The third-order valence-corrected chi connectivity index (χ3v) is 3.12. The van der Waals surface area contributed by atoms with Crippen LogP contribution in [0.3, 0.4) is 0 Å². The predicted molar refractivity (Wildman–Crippen MR) is 76.1 cm³/mol. The van der Waals surface area contributed by atoms with Gasteiger partial charge in [-0.05, 0) is 29.8 Å². The van der Waals surface area contributed by atoms with Crippen LogP contribution in [0.2, 0.25) is 10.3 Å². The first-order valence-electron chi connectivity index (χ1n) is 4.86. The van der Waals surface area contributed by atoms with Crippen molar-refractivity contribution in [2.45, 2.75) is 0 Å². The number of benzene rings is 1. The summed E-state index contributed by atoms with van der Waals surface area (Å²) in [5, 5.41) is 13.9. The van der Waals surface area contributed by atoms with E-state index in [1.165, 1.54) is 0 Å².